The summed E-state index contributed by atoms with van der Waals surface area (Å²) in [4.78, 5) is 2.41. The Bertz CT molecular complexity index is 508. The van der Waals surface area contributed by atoms with E-state index in [4.69, 9.17) is 0 Å². The summed E-state index contributed by atoms with van der Waals surface area (Å²) < 4.78 is 24.2. The smallest absolute Gasteiger partial charge is 0.208 e. The Morgan fingerprint density at radius 3 is 2.35 bits per heavy atom. The van der Waals surface area contributed by atoms with Crippen molar-refractivity contribution in [1.82, 2.24) is 10.0 Å². The van der Waals surface area contributed by atoms with Crippen molar-refractivity contribution in [3.63, 3.8) is 0 Å². The Hall–Kier alpha value is -1.11. The fourth-order valence-corrected chi connectivity index (χ4v) is 2.83. The van der Waals surface area contributed by atoms with Crippen molar-refractivity contribution >= 4 is 15.7 Å². The van der Waals surface area contributed by atoms with Gasteiger partial charge in [0, 0.05) is 38.4 Å². The first-order chi connectivity index (χ1) is 9.54. The Labute approximate surface area is 121 Å². The van der Waals surface area contributed by atoms with Gasteiger partial charge in [-0.3, -0.25) is 0 Å². The molecular weight excluding hydrogens is 274 g/mol. The SMILES string of the molecule is CS(=O)(=O)NCCNCc1ccc(N2CCCC2)cc1. The van der Waals surface area contributed by atoms with Crippen LogP contribution >= 0.6 is 0 Å². The normalized spacial score (nSPS) is 15.8. The Morgan fingerprint density at radius 1 is 1.10 bits per heavy atom. The lowest BCUT2D eigenvalue weighted by Gasteiger charge is -2.17. The fourth-order valence-electron chi connectivity index (χ4n) is 2.36. The van der Waals surface area contributed by atoms with Gasteiger partial charge in [0.2, 0.25) is 10.0 Å². The predicted octanol–water partition coefficient (Wildman–Crippen LogP) is 0.926. The summed E-state index contributed by atoms with van der Waals surface area (Å²) in [6, 6.07) is 8.59. The lowest BCUT2D eigenvalue weighted by Crippen LogP contribution is -2.30. The molecule has 0 unspecified atom stereocenters. The molecule has 1 aliphatic rings. The molecule has 20 heavy (non-hydrogen) atoms. The molecule has 0 amide bonds. The standard InChI is InChI=1S/C14H23N3O2S/c1-20(18,19)16-9-8-15-12-13-4-6-14(7-5-13)17-10-2-3-11-17/h4-7,15-16H,2-3,8-12H2,1H3. The van der Waals surface area contributed by atoms with Crippen LogP contribution in [0.4, 0.5) is 5.69 Å². The first-order valence-corrected chi connectivity index (χ1v) is 8.93. The highest BCUT2D eigenvalue weighted by Gasteiger charge is 2.11. The van der Waals surface area contributed by atoms with Gasteiger partial charge >= 0.3 is 0 Å². The number of hydrogen-bond donors (Lipinski definition) is 2. The van der Waals surface area contributed by atoms with E-state index in [0.717, 1.165) is 19.6 Å². The van der Waals surface area contributed by atoms with Crippen LogP contribution in [0, 0.1) is 0 Å². The van der Waals surface area contributed by atoms with E-state index in [1.54, 1.807) is 0 Å². The van der Waals surface area contributed by atoms with Gasteiger partial charge in [-0.25, -0.2) is 13.1 Å². The first kappa shape index (κ1) is 15.3. The predicted molar refractivity (Wildman–Crippen MR) is 82.4 cm³/mol. The second-order valence-electron chi connectivity index (χ2n) is 5.20. The third kappa shape index (κ3) is 5.11. The summed E-state index contributed by atoms with van der Waals surface area (Å²) in [6.07, 6.45) is 3.75. The average Bonchev–Trinajstić information content (AvgIpc) is 2.92. The van der Waals surface area contributed by atoms with Crippen LogP contribution in [0.5, 0.6) is 0 Å². The van der Waals surface area contributed by atoms with Gasteiger partial charge in [-0.1, -0.05) is 12.1 Å². The molecule has 2 N–H and O–H groups in total. The molecule has 1 heterocycles. The molecule has 1 saturated heterocycles. The molecule has 0 radical (unpaired) electrons. The zero-order chi connectivity index (χ0) is 14.4. The molecule has 2 rings (SSSR count). The van der Waals surface area contributed by atoms with E-state index >= 15 is 0 Å². The van der Waals surface area contributed by atoms with Crippen molar-refractivity contribution in [3.8, 4) is 0 Å². The van der Waals surface area contributed by atoms with Gasteiger partial charge in [0.05, 0.1) is 6.26 Å². The number of rotatable bonds is 7. The van der Waals surface area contributed by atoms with Gasteiger partial charge in [0.15, 0.2) is 0 Å². The van der Waals surface area contributed by atoms with E-state index < -0.39 is 10.0 Å². The molecule has 1 fully saturated rings. The van der Waals surface area contributed by atoms with Crippen LogP contribution < -0.4 is 14.9 Å². The number of benzene rings is 1. The molecule has 1 aromatic rings. The minimum atomic E-state index is -3.08. The molecule has 0 saturated carbocycles. The first-order valence-electron chi connectivity index (χ1n) is 7.04. The van der Waals surface area contributed by atoms with Gasteiger partial charge in [0.1, 0.15) is 0 Å². The number of sulfonamides is 1. The van der Waals surface area contributed by atoms with Crippen molar-refractivity contribution in [1.29, 1.82) is 0 Å². The topological polar surface area (TPSA) is 61.4 Å². The maximum atomic E-state index is 10.9. The van der Waals surface area contributed by atoms with Crippen molar-refractivity contribution in [3.05, 3.63) is 29.8 Å². The van der Waals surface area contributed by atoms with Gasteiger partial charge in [-0.05, 0) is 30.5 Å². The number of hydrogen-bond acceptors (Lipinski definition) is 4. The highest BCUT2D eigenvalue weighted by atomic mass is 32.2. The maximum absolute atomic E-state index is 10.9. The molecule has 0 spiro atoms. The van der Waals surface area contributed by atoms with E-state index in [1.165, 1.54) is 30.3 Å². The monoisotopic (exact) mass is 297 g/mol. The molecule has 5 nitrogen and oxygen atoms in total. The molecule has 1 aromatic carbocycles. The summed E-state index contributed by atoms with van der Waals surface area (Å²) in [6.45, 7) is 4.13. The van der Waals surface area contributed by atoms with Crippen LogP contribution in [0.2, 0.25) is 0 Å². The zero-order valence-electron chi connectivity index (χ0n) is 11.9. The lowest BCUT2D eigenvalue weighted by molar-refractivity contribution is 0.582. The van der Waals surface area contributed by atoms with Crippen LogP contribution in [0.3, 0.4) is 0 Å². The molecule has 0 aliphatic carbocycles. The second-order valence-corrected chi connectivity index (χ2v) is 7.04. The quantitative estimate of drug-likeness (QED) is 0.735. The highest BCUT2D eigenvalue weighted by molar-refractivity contribution is 7.88. The Balaban J connectivity index is 1.71. The van der Waals surface area contributed by atoms with Crippen molar-refractivity contribution in [2.75, 3.05) is 37.3 Å². The van der Waals surface area contributed by atoms with Crippen LogP contribution in [-0.4, -0.2) is 40.9 Å². The van der Waals surface area contributed by atoms with Crippen LogP contribution in [-0.2, 0) is 16.6 Å². The van der Waals surface area contributed by atoms with E-state index in [-0.39, 0.29) is 0 Å². The minimum absolute atomic E-state index is 0.421. The molecule has 112 valence electrons. The van der Waals surface area contributed by atoms with E-state index in [2.05, 4.69) is 39.2 Å². The average molecular weight is 297 g/mol. The van der Waals surface area contributed by atoms with Gasteiger partial charge in [0.25, 0.3) is 0 Å². The van der Waals surface area contributed by atoms with Crippen molar-refractivity contribution in [2.45, 2.75) is 19.4 Å². The summed E-state index contributed by atoms with van der Waals surface area (Å²) in [5.41, 5.74) is 2.51. The molecule has 0 aromatic heterocycles. The van der Waals surface area contributed by atoms with Crippen molar-refractivity contribution < 1.29 is 8.42 Å². The summed E-state index contributed by atoms with van der Waals surface area (Å²) >= 11 is 0. The van der Waals surface area contributed by atoms with Crippen LogP contribution in [0.25, 0.3) is 0 Å². The van der Waals surface area contributed by atoms with Crippen molar-refractivity contribution in [2.24, 2.45) is 0 Å². The minimum Gasteiger partial charge on any atom is -0.372 e. The van der Waals surface area contributed by atoms with E-state index in [1.807, 2.05) is 0 Å². The number of anilines is 1. The van der Waals surface area contributed by atoms with Crippen LogP contribution in [0.1, 0.15) is 18.4 Å². The summed E-state index contributed by atoms with van der Waals surface area (Å²) in [5, 5.41) is 3.22. The third-order valence-electron chi connectivity index (χ3n) is 3.40. The van der Waals surface area contributed by atoms with Gasteiger partial charge < -0.3 is 10.2 Å². The number of nitrogens with zero attached hydrogens (tertiary/aromatic N) is 1. The highest BCUT2D eigenvalue weighted by Crippen LogP contribution is 2.20. The maximum Gasteiger partial charge on any atom is 0.208 e. The largest absolute Gasteiger partial charge is 0.372 e. The van der Waals surface area contributed by atoms with Gasteiger partial charge in [-0.15, -0.1) is 0 Å². The molecule has 0 atom stereocenters. The zero-order valence-corrected chi connectivity index (χ0v) is 12.7. The number of nitrogens with one attached hydrogen (secondary N) is 2. The summed E-state index contributed by atoms with van der Waals surface area (Å²) in [5.74, 6) is 0. The van der Waals surface area contributed by atoms with E-state index in [0.29, 0.717) is 13.1 Å². The molecule has 0 bridgehead atoms. The fraction of sp³-hybridized carbons (Fsp3) is 0.571. The third-order valence-corrected chi connectivity index (χ3v) is 4.13. The lowest BCUT2D eigenvalue weighted by atomic mass is 10.2. The Kier molecular flexibility index (Phi) is 5.39. The molecule has 6 heteroatoms. The second kappa shape index (κ2) is 7.06. The summed E-state index contributed by atoms with van der Waals surface area (Å²) in [7, 11) is -3.08. The van der Waals surface area contributed by atoms with Crippen LogP contribution in [0.15, 0.2) is 24.3 Å². The molecular formula is C14H23N3O2S. The van der Waals surface area contributed by atoms with Gasteiger partial charge in [-0.2, -0.15) is 0 Å². The van der Waals surface area contributed by atoms with E-state index in [9.17, 15) is 8.42 Å². The molecule has 1 aliphatic heterocycles. The Morgan fingerprint density at radius 2 is 1.75 bits per heavy atom.